The van der Waals surface area contributed by atoms with Crippen LogP contribution in [0.4, 0.5) is 0 Å². The van der Waals surface area contributed by atoms with Crippen molar-refractivity contribution in [2.45, 2.75) is 19.0 Å². The van der Waals surface area contributed by atoms with Crippen molar-refractivity contribution in [2.24, 2.45) is 5.92 Å². The molecule has 0 aliphatic carbocycles. The molecule has 2 aliphatic heterocycles. The van der Waals surface area contributed by atoms with Gasteiger partial charge in [0.2, 0.25) is 0 Å². The normalized spacial score (nSPS) is 24.0. The Labute approximate surface area is 149 Å². The van der Waals surface area contributed by atoms with Crippen LogP contribution in [-0.4, -0.2) is 48.1 Å². The number of aromatic nitrogens is 1. The molecule has 2 aromatic heterocycles. The lowest BCUT2D eigenvalue weighted by atomic mass is 10.0. The molecule has 2 fully saturated rings. The van der Waals surface area contributed by atoms with Gasteiger partial charge in [0.25, 0.3) is 5.91 Å². The molecular weight excluding hydrogens is 338 g/mol. The van der Waals surface area contributed by atoms with E-state index in [1.54, 1.807) is 12.3 Å². The highest BCUT2D eigenvalue weighted by molar-refractivity contribution is 7.19. The van der Waals surface area contributed by atoms with Crippen molar-refractivity contribution in [3.05, 3.63) is 28.9 Å². The quantitative estimate of drug-likeness (QED) is 0.654. The number of esters is 1. The number of carbonyl (C=O) groups excluding carboxylic acids is 2. The molecular formula is C18H17N3O3S. The van der Waals surface area contributed by atoms with Crippen molar-refractivity contribution < 1.29 is 14.3 Å². The molecule has 128 valence electrons. The van der Waals surface area contributed by atoms with Gasteiger partial charge in [-0.05, 0) is 36.8 Å². The minimum Gasteiger partial charge on any atom is -0.459 e. The highest BCUT2D eigenvalue weighted by Gasteiger charge is 2.38. The number of hydrogen-bond donors (Lipinski definition) is 1. The van der Waals surface area contributed by atoms with Crippen LogP contribution in [0.5, 0.6) is 0 Å². The lowest BCUT2D eigenvalue weighted by molar-refractivity contribution is -0.133. The van der Waals surface area contributed by atoms with E-state index in [-0.39, 0.29) is 12.1 Å². The summed E-state index contributed by atoms with van der Waals surface area (Å²) < 4.78 is 5.42. The van der Waals surface area contributed by atoms with Crippen LogP contribution >= 0.6 is 11.3 Å². The maximum absolute atomic E-state index is 12.5. The summed E-state index contributed by atoms with van der Waals surface area (Å²) in [5, 5.41) is 3.99. The van der Waals surface area contributed by atoms with Crippen LogP contribution in [0.1, 0.15) is 28.2 Å². The standard InChI is InChI=1S/C18H17N3O3S/c1-24-17(22)3-2-13-7-12-9-19-14(8-15(12)25-13)18(23)20-16-6-11-4-5-21(16)10-11/h7-9,11,16H,4-6,10H2,1H3,(H,20,23). The average Bonchev–Trinajstić information content (AvgIpc) is 3.33. The monoisotopic (exact) mass is 355 g/mol. The first-order chi connectivity index (χ1) is 12.1. The van der Waals surface area contributed by atoms with Crippen LogP contribution in [-0.2, 0) is 9.53 Å². The van der Waals surface area contributed by atoms with Crippen molar-refractivity contribution in [1.29, 1.82) is 0 Å². The summed E-state index contributed by atoms with van der Waals surface area (Å²) in [5.74, 6) is 5.17. The molecule has 0 aromatic carbocycles. The second kappa shape index (κ2) is 6.47. The van der Waals surface area contributed by atoms with E-state index in [0.717, 1.165) is 34.5 Å². The molecule has 2 saturated heterocycles. The molecule has 4 rings (SSSR count). The van der Waals surface area contributed by atoms with Crippen LogP contribution in [0.2, 0.25) is 0 Å². The number of nitrogens with one attached hydrogen (secondary N) is 1. The topological polar surface area (TPSA) is 71.5 Å². The second-order valence-corrected chi connectivity index (χ2v) is 7.42. The Hall–Kier alpha value is -2.43. The molecule has 6 nitrogen and oxygen atoms in total. The van der Waals surface area contributed by atoms with E-state index in [1.165, 1.54) is 24.9 Å². The molecule has 25 heavy (non-hydrogen) atoms. The van der Waals surface area contributed by atoms with Crippen molar-refractivity contribution >= 4 is 33.3 Å². The fraction of sp³-hybridized carbons (Fsp3) is 0.389. The van der Waals surface area contributed by atoms with Crippen LogP contribution < -0.4 is 5.32 Å². The van der Waals surface area contributed by atoms with E-state index in [1.807, 2.05) is 6.07 Å². The van der Waals surface area contributed by atoms with Gasteiger partial charge >= 0.3 is 5.97 Å². The zero-order valence-corrected chi connectivity index (χ0v) is 14.6. The molecule has 0 spiro atoms. The van der Waals surface area contributed by atoms with Crippen LogP contribution in [0, 0.1) is 17.8 Å². The number of amides is 1. The summed E-state index contributed by atoms with van der Waals surface area (Å²) in [5.41, 5.74) is 0.408. The Morgan fingerprint density at radius 1 is 1.44 bits per heavy atom. The Balaban J connectivity index is 1.51. The fourth-order valence-corrected chi connectivity index (χ4v) is 4.39. The first kappa shape index (κ1) is 16.1. The molecule has 0 radical (unpaired) electrons. The van der Waals surface area contributed by atoms with E-state index < -0.39 is 5.97 Å². The zero-order chi connectivity index (χ0) is 17.4. The number of hydrogen-bond acceptors (Lipinski definition) is 6. The SMILES string of the molecule is COC(=O)C#Cc1cc2cnc(C(=O)NC3CC4CCN3C4)cc2s1. The highest BCUT2D eigenvalue weighted by atomic mass is 32.1. The summed E-state index contributed by atoms with van der Waals surface area (Å²) in [6, 6.07) is 3.63. The fourth-order valence-electron chi connectivity index (χ4n) is 3.46. The molecule has 3 unspecified atom stereocenters. The van der Waals surface area contributed by atoms with Gasteiger partial charge in [-0.2, -0.15) is 0 Å². The van der Waals surface area contributed by atoms with Crippen molar-refractivity contribution in [1.82, 2.24) is 15.2 Å². The van der Waals surface area contributed by atoms with E-state index in [4.69, 9.17) is 0 Å². The predicted octanol–water partition coefficient (Wildman–Crippen LogP) is 1.60. The number of methoxy groups -OCH3 is 1. The summed E-state index contributed by atoms with van der Waals surface area (Å²) in [4.78, 5) is 30.9. The summed E-state index contributed by atoms with van der Waals surface area (Å²) >= 11 is 1.42. The maximum Gasteiger partial charge on any atom is 0.384 e. The number of fused-ring (bicyclic) bond motifs is 3. The van der Waals surface area contributed by atoms with Gasteiger partial charge in [0, 0.05) is 35.3 Å². The molecule has 2 aromatic rings. The molecule has 2 bridgehead atoms. The minimum atomic E-state index is -0.573. The highest BCUT2D eigenvalue weighted by Crippen LogP contribution is 2.31. The molecule has 2 aliphatic rings. The average molecular weight is 355 g/mol. The van der Waals surface area contributed by atoms with Crippen LogP contribution in [0.15, 0.2) is 18.3 Å². The summed E-state index contributed by atoms with van der Waals surface area (Å²) in [7, 11) is 1.30. The van der Waals surface area contributed by atoms with Gasteiger partial charge in [0.05, 0.1) is 18.2 Å². The molecule has 0 saturated carbocycles. The summed E-state index contributed by atoms with van der Waals surface area (Å²) in [6.07, 6.45) is 4.07. The van der Waals surface area contributed by atoms with Gasteiger partial charge in [-0.25, -0.2) is 4.79 Å². The number of ether oxygens (including phenoxy) is 1. The minimum absolute atomic E-state index is 0.133. The third-order valence-corrected chi connectivity index (χ3v) is 5.73. The van der Waals surface area contributed by atoms with Gasteiger partial charge < -0.3 is 10.1 Å². The number of piperidine rings is 1. The van der Waals surface area contributed by atoms with Gasteiger partial charge in [0.15, 0.2) is 0 Å². The van der Waals surface area contributed by atoms with Crippen molar-refractivity contribution in [2.75, 3.05) is 20.2 Å². The zero-order valence-electron chi connectivity index (χ0n) is 13.7. The number of thiophene rings is 1. The lowest BCUT2D eigenvalue weighted by Crippen LogP contribution is -2.45. The van der Waals surface area contributed by atoms with E-state index in [2.05, 4.69) is 31.8 Å². The van der Waals surface area contributed by atoms with Gasteiger partial charge in [-0.15, -0.1) is 11.3 Å². The van der Waals surface area contributed by atoms with Crippen molar-refractivity contribution in [3.8, 4) is 11.8 Å². The van der Waals surface area contributed by atoms with Crippen molar-refractivity contribution in [3.63, 3.8) is 0 Å². The smallest absolute Gasteiger partial charge is 0.384 e. The Morgan fingerprint density at radius 2 is 2.32 bits per heavy atom. The number of rotatable bonds is 2. The van der Waals surface area contributed by atoms with E-state index in [9.17, 15) is 9.59 Å². The van der Waals surface area contributed by atoms with Crippen LogP contribution in [0.3, 0.4) is 0 Å². The summed E-state index contributed by atoms with van der Waals surface area (Å²) in [6.45, 7) is 2.15. The Kier molecular flexibility index (Phi) is 4.15. The number of pyridine rings is 1. The largest absolute Gasteiger partial charge is 0.459 e. The lowest BCUT2D eigenvalue weighted by Gasteiger charge is -2.25. The first-order valence-electron chi connectivity index (χ1n) is 8.17. The van der Waals surface area contributed by atoms with E-state index in [0.29, 0.717) is 11.6 Å². The molecule has 1 amide bonds. The first-order valence-corrected chi connectivity index (χ1v) is 8.98. The Bertz CT molecular complexity index is 911. The predicted molar refractivity (Wildman–Crippen MR) is 94.1 cm³/mol. The Morgan fingerprint density at radius 3 is 3.04 bits per heavy atom. The van der Waals surface area contributed by atoms with E-state index >= 15 is 0 Å². The maximum atomic E-state index is 12.5. The van der Waals surface area contributed by atoms with Gasteiger partial charge in [0.1, 0.15) is 5.69 Å². The van der Waals surface area contributed by atoms with Gasteiger partial charge in [-0.1, -0.05) is 0 Å². The van der Waals surface area contributed by atoms with Crippen LogP contribution in [0.25, 0.3) is 10.1 Å². The molecule has 3 atom stereocenters. The molecule has 1 N–H and O–H groups in total. The number of carbonyl (C=O) groups is 2. The second-order valence-electron chi connectivity index (χ2n) is 6.33. The molecule has 4 heterocycles. The number of nitrogens with zero attached hydrogens (tertiary/aromatic N) is 2. The third kappa shape index (κ3) is 3.23. The third-order valence-electron chi connectivity index (χ3n) is 4.72. The molecule has 7 heteroatoms. The van der Waals surface area contributed by atoms with Gasteiger partial charge in [-0.3, -0.25) is 14.7 Å².